The van der Waals surface area contributed by atoms with Crippen LogP contribution in [0.4, 0.5) is 0 Å². The Morgan fingerprint density at radius 3 is 2.26 bits per heavy atom. The summed E-state index contributed by atoms with van der Waals surface area (Å²) in [6, 6.07) is 9.79. The van der Waals surface area contributed by atoms with E-state index < -0.39 is 0 Å². The van der Waals surface area contributed by atoms with Gasteiger partial charge in [-0.1, -0.05) is 12.1 Å². The molecule has 1 aromatic rings. The molecule has 132 valence electrons. The fraction of sp³-hybridized carbons (Fsp3) is 0.647. The topological polar surface area (TPSA) is 24.5 Å². The Kier molecular flexibility index (Phi) is 9.90. The zero-order valence-corrected chi connectivity index (χ0v) is 16.2. The van der Waals surface area contributed by atoms with Gasteiger partial charge in [-0.05, 0) is 42.7 Å². The zero-order chi connectivity index (χ0) is 14.5. The van der Waals surface area contributed by atoms with E-state index in [1.165, 1.54) is 23.3 Å². The zero-order valence-electron chi connectivity index (χ0n) is 13.7. The lowest BCUT2D eigenvalue weighted by Gasteiger charge is -2.41. The van der Waals surface area contributed by atoms with Crippen LogP contribution in [0.25, 0.3) is 0 Å². The first-order chi connectivity index (χ1) is 10.4. The Labute approximate surface area is 156 Å². The molecular weight excluding hydrogens is 351 g/mol. The van der Waals surface area contributed by atoms with Gasteiger partial charge in [0.1, 0.15) is 0 Å². The summed E-state index contributed by atoms with van der Waals surface area (Å²) >= 11 is 1.82. The predicted octanol–water partition coefficient (Wildman–Crippen LogP) is 3.63. The van der Waals surface area contributed by atoms with Crippen LogP contribution in [-0.2, 0) is 4.74 Å². The van der Waals surface area contributed by atoms with E-state index in [4.69, 9.17) is 4.74 Å². The van der Waals surface area contributed by atoms with Gasteiger partial charge in [0.15, 0.2) is 0 Å². The second-order valence-corrected chi connectivity index (χ2v) is 6.83. The van der Waals surface area contributed by atoms with Crippen LogP contribution in [0, 0.1) is 5.92 Å². The summed E-state index contributed by atoms with van der Waals surface area (Å²) in [5.41, 5.74) is 1.49. The first-order valence-electron chi connectivity index (χ1n) is 8.05. The van der Waals surface area contributed by atoms with E-state index in [0.29, 0.717) is 6.04 Å². The van der Waals surface area contributed by atoms with Crippen LogP contribution in [0.3, 0.4) is 0 Å². The minimum atomic E-state index is 0. The lowest BCUT2D eigenvalue weighted by Crippen LogP contribution is -2.47. The molecule has 0 amide bonds. The number of rotatable bonds is 4. The van der Waals surface area contributed by atoms with Crippen molar-refractivity contribution >= 4 is 36.6 Å². The number of hydrogen-bond donors (Lipinski definition) is 1. The van der Waals surface area contributed by atoms with E-state index in [1.54, 1.807) is 0 Å². The molecule has 0 bridgehead atoms. The molecule has 0 aromatic heterocycles. The molecule has 2 heterocycles. The van der Waals surface area contributed by atoms with Crippen LogP contribution in [0.15, 0.2) is 29.2 Å². The van der Waals surface area contributed by atoms with E-state index in [9.17, 15) is 0 Å². The van der Waals surface area contributed by atoms with Gasteiger partial charge in [-0.3, -0.25) is 4.90 Å². The van der Waals surface area contributed by atoms with Crippen molar-refractivity contribution in [3.63, 3.8) is 0 Å². The number of halogens is 2. The number of nitrogens with zero attached hydrogens (tertiary/aromatic N) is 1. The van der Waals surface area contributed by atoms with Crippen molar-refractivity contribution in [2.45, 2.75) is 23.8 Å². The third-order valence-electron chi connectivity index (χ3n) is 4.71. The van der Waals surface area contributed by atoms with Gasteiger partial charge in [0, 0.05) is 50.3 Å². The molecule has 2 aliphatic rings. The maximum atomic E-state index is 5.58. The van der Waals surface area contributed by atoms with Crippen LogP contribution in [-0.4, -0.2) is 50.5 Å². The molecule has 1 aromatic carbocycles. The third kappa shape index (κ3) is 5.52. The van der Waals surface area contributed by atoms with Crippen molar-refractivity contribution in [1.82, 2.24) is 10.2 Å². The average Bonchev–Trinajstić information content (AvgIpc) is 2.58. The molecule has 0 saturated carbocycles. The van der Waals surface area contributed by atoms with E-state index in [0.717, 1.165) is 45.3 Å². The fourth-order valence-corrected chi connectivity index (χ4v) is 3.98. The molecule has 0 aliphatic carbocycles. The van der Waals surface area contributed by atoms with Gasteiger partial charge in [-0.25, -0.2) is 0 Å². The van der Waals surface area contributed by atoms with E-state index in [1.807, 2.05) is 11.8 Å². The van der Waals surface area contributed by atoms with Crippen molar-refractivity contribution in [2.24, 2.45) is 5.92 Å². The number of nitrogens with one attached hydrogen (secondary N) is 1. The number of benzene rings is 1. The summed E-state index contributed by atoms with van der Waals surface area (Å²) in [5.74, 6) is 0.733. The largest absolute Gasteiger partial charge is 0.381 e. The second kappa shape index (κ2) is 10.8. The van der Waals surface area contributed by atoms with Crippen molar-refractivity contribution < 1.29 is 4.74 Å². The normalized spacial score (nSPS) is 21.1. The molecule has 3 rings (SSSR count). The first kappa shape index (κ1) is 21.1. The summed E-state index contributed by atoms with van der Waals surface area (Å²) in [5, 5.41) is 3.47. The minimum Gasteiger partial charge on any atom is -0.381 e. The van der Waals surface area contributed by atoms with Crippen molar-refractivity contribution in [3.05, 3.63) is 29.8 Å². The molecule has 0 radical (unpaired) electrons. The highest BCUT2D eigenvalue weighted by molar-refractivity contribution is 7.98. The minimum absolute atomic E-state index is 0. The van der Waals surface area contributed by atoms with Gasteiger partial charge in [0.25, 0.3) is 0 Å². The molecular formula is C17H28Cl2N2OS. The van der Waals surface area contributed by atoms with Gasteiger partial charge < -0.3 is 10.1 Å². The van der Waals surface area contributed by atoms with Gasteiger partial charge in [0.2, 0.25) is 0 Å². The molecule has 3 nitrogen and oxygen atoms in total. The maximum Gasteiger partial charge on any atom is 0.0469 e. The van der Waals surface area contributed by atoms with Gasteiger partial charge in [0.05, 0.1) is 0 Å². The van der Waals surface area contributed by atoms with E-state index in [2.05, 4.69) is 40.7 Å². The molecule has 2 fully saturated rings. The summed E-state index contributed by atoms with van der Waals surface area (Å²) in [4.78, 5) is 4.03. The van der Waals surface area contributed by atoms with Crippen molar-refractivity contribution in [1.29, 1.82) is 0 Å². The number of hydrogen-bond acceptors (Lipinski definition) is 4. The Hall–Kier alpha value is 0.0300. The molecule has 2 aliphatic heterocycles. The van der Waals surface area contributed by atoms with Crippen LogP contribution >= 0.6 is 36.6 Å². The van der Waals surface area contributed by atoms with Crippen molar-refractivity contribution in [2.75, 3.05) is 45.6 Å². The van der Waals surface area contributed by atoms with Crippen LogP contribution in [0.1, 0.15) is 24.4 Å². The monoisotopic (exact) mass is 378 g/mol. The van der Waals surface area contributed by atoms with E-state index in [-0.39, 0.29) is 24.8 Å². The Morgan fingerprint density at radius 1 is 1.09 bits per heavy atom. The number of thioether (sulfide) groups is 1. The molecule has 0 spiro atoms. The Balaban J connectivity index is 0.00000132. The number of piperazine rings is 1. The SMILES string of the molecule is CSc1ccc([C@@H](C2CCOCC2)N2CCNCC2)cc1.Cl.Cl. The summed E-state index contributed by atoms with van der Waals surface area (Å²) in [6.07, 6.45) is 4.53. The third-order valence-corrected chi connectivity index (χ3v) is 5.46. The molecule has 2 saturated heterocycles. The molecule has 1 atom stereocenters. The smallest absolute Gasteiger partial charge is 0.0469 e. The van der Waals surface area contributed by atoms with Crippen LogP contribution in [0.5, 0.6) is 0 Å². The highest BCUT2D eigenvalue weighted by atomic mass is 35.5. The lowest BCUT2D eigenvalue weighted by atomic mass is 9.85. The summed E-state index contributed by atoms with van der Waals surface area (Å²) in [7, 11) is 0. The van der Waals surface area contributed by atoms with Gasteiger partial charge in [-0.15, -0.1) is 36.6 Å². The van der Waals surface area contributed by atoms with Crippen molar-refractivity contribution in [3.8, 4) is 0 Å². The maximum absolute atomic E-state index is 5.58. The van der Waals surface area contributed by atoms with E-state index >= 15 is 0 Å². The first-order valence-corrected chi connectivity index (χ1v) is 9.27. The summed E-state index contributed by atoms with van der Waals surface area (Å²) < 4.78 is 5.58. The number of ether oxygens (including phenoxy) is 1. The predicted molar refractivity (Wildman–Crippen MR) is 103 cm³/mol. The standard InChI is InChI=1S/C17H26N2OS.2ClH/c1-21-16-4-2-14(3-5-16)17(15-6-12-20-13-7-15)19-10-8-18-9-11-19;;/h2-5,15,17-18H,6-13H2,1H3;2*1H/t17-;;/m0../s1. The van der Waals surface area contributed by atoms with Gasteiger partial charge in [-0.2, -0.15) is 0 Å². The quantitative estimate of drug-likeness (QED) is 0.808. The Morgan fingerprint density at radius 2 is 1.70 bits per heavy atom. The second-order valence-electron chi connectivity index (χ2n) is 5.95. The molecule has 0 unspecified atom stereocenters. The average molecular weight is 379 g/mol. The molecule has 1 N–H and O–H groups in total. The summed E-state index contributed by atoms with van der Waals surface area (Å²) in [6.45, 7) is 6.40. The lowest BCUT2D eigenvalue weighted by molar-refractivity contribution is 0.0213. The molecule has 23 heavy (non-hydrogen) atoms. The Bertz CT molecular complexity index is 417. The highest BCUT2D eigenvalue weighted by Crippen LogP contribution is 2.35. The highest BCUT2D eigenvalue weighted by Gasteiger charge is 2.31. The van der Waals surface area contributed by atoms with Crippen LogP contribution < -0.4 is 5.32 Å². The molecule has 6 heteroatoms. The van der Waals surface area contributed by atoms with Gasteiger partial charge >= 0.3 is 0 Å². The van der Waals surface area contributed by atoms with Crippen LogP contribution in [0.2, 0.25) is 0 Å². The fourth-order valence-electron chi connectivity index (χ4n) is 3.57.